The Hall–Kier alpha value is -2.66. The van der Waals surface area contributed by atoms with Crippen molar-refractivity contribution in [3.05, 3.63) is 54.6 Å². The first kappa shape index (κ1) is 16.8. The van der Waals surface area contributed by atoms with Crippen LogP contribution in [-0.4, -0.2) is 41.3 Å². The van der Waals surface area contributed by atoms with Crippen molar-refractivity contribution in [1.82, 2.24) is 15.0 Å². The molecule has 1 aliphatic rings. The molecule has 5 nitrogen and oxygen atoms in total. The van der Waals surface area contributed by atoms with Gasteiger partial charge >= 0.3 is 0 Å². The zero-order chi connectivity index (χ0) is 17.6. The van der Waals surface area contributed by atoms with Crippen LogP contribution in [0.2, 0.25) is 0 Å². The summed E-state index contributed by atoms with van der Waals surface area (Å²) in [5.41, 5.74) is 1.77. The number of rotatable bonds is 6. The van der Waals surface area contributed by atoms with Gasteiger partial charge in [0.2, 0.25) is 5.82 Å². The van der Waals surface area contributed by atoms with Crippen molar-refractivity contribution >= 4 is 0 Å². The predicted octanol–water partition coefficient (Wildman–Crippen LogP) is 4.27. The molecule has 0 N–H and O–H groups in total. The maximum absolute atomic E-state index is 6.04. The Morgan fingerprint density at radius 3 is 2.54 bits per heavy atom. The van der Waals surface area contributed by atoms with E-state index in [2.05, 4.69) is 15.0 Å². The van der Waals surface area contributed by atoms with E-state index in [1.807, 2.05) is 54.6 Å². The average Bonchev–Trinajstić information content (AvgIpc) is 3.20. The number of piperidine rings is 1. The number of aromatic nitrogens is 2. The van der Waals surface area contributed by atoms with Crippen LogP contribution in [-0.2, 0) is 0 Å². The Morgan fingerprint density at radius 2 is 1.69 bits per heavy atom. The van der Waals surface area contributed by atoms with Gasteiger partial charge in [0.05, 0.1) is 5.56 Å². The van der Waals surface area contributed by atoms with E-state index in [1.165, 1.54) is 32.4 Å². The SMILES string of the molecule is c1ccc(-c2noc(-c3ccccc3OCCN3CCCCC3)n2)cc1. The molecule has 134 valence electrons. The Morgan fingerprint density at radius 1 is 0.923 bits per heavy atom. The summed E-state index contributed by atoms with van der Waals surface area (Å²) in [5.74, 6) is 1.86. The molecule has 0 spiro atoms. The molecule has 0 amide bonds. The third-order valence-electron chi connectivity index (χ3n) is 4.69. The van der Waals surface area contributed by atoms with Crippen LogP contribution in [0.25, 0.3) is 22.8 Å². The molecule has 2 aromatic carbocycles. The van der Waals surface area contributed by atoms with Gasteiger partial charge in [-0.25, -0.2) is 0 Å². The maximum Gasteiger partial charge on any atom is 0.262 e. The molecule has 5 heteroatoms. The quantitative estimate of drug-likeness (QED) is 0.665. The molecule has 1 aliphatic heterocycles. The highest BCUT2D eigenvalue weighted by molar-refractivity contribution is 5.65. The third kappa shape index (κ3) is 3.94. The van der Waals surface area contributed by atoms with Crippen LogP contribution in [0.5, 0.6) is 5.75 Å². The molecular weight excluding hydrogens is 326 g/mol. The van der Waals surface area contributed by atoms with Gasteiger partial charge in [-0.05, 0) is 38.1 Å². The van der Waals surface area contributed by atoms with Crippen LogP contribution in [0.4, 0.5) is 0 Å². The second-order valence-corrected chi connectivity index (χ2v) is 6.54. The number of benzene rings is 2. The lowest BCUT2D eigenvalue weighted by Crippen LogP contribution is -2.33. The van der Waals surface area contributed by atoms with Crippen LogP contribution in [0.1, 0.15) is 19.3 Å². The fraction of sp³-hybridized carbons (Fsp3) is 0.333. The number of likely N-dealkylation sites (tertiary alicyclic amines) is 1. The van der Waals surface area contributed by atoms with Gasteiger partial charge in [0.25, 0.3) is 5.89 Å². The molecule has 1 fully saturated rings. The molecule has 0 atom stereocenters. The van der Waals surface area contributed by atoms with E-state index in [0.29, 0.717) is 18.3 Å². The standard InChI is InChI=1S/C21H23N3O2/c1-3-9-17(10-4-1)20-22-21(26-23-20)18-11-5-6-12-19(18)25-16-15-24-13-7-2-8-14-24/h1,3-6,9-12H,2,7-8,13-16H2. The van der Waals surface area contributed by atoms with Crippen LogP contribution in [0, 0.1) is 0 Å². The van der Waals surface area contributed by atoms with Crippen molar-refractivity contribution in [1.29, 1.82) is 0 Å². The summed E-state index contributed by atoms with van der Waals surface area (Å²) in [6, 6.07) is 17.7. The zero-order valence-electron chi connectivity index (χ0n) is 14.8. The van der Waals surface area contributed by atoms with Gasteiger partial charge in [-0.1, -0.05) is 54.0 Å². The topological polar surface area (TPSA) is 51.4 Å². The summed E-state index contributed by atoms with van der Waals surface area (Å²) < 4.78 is 11.5. The van der Waals surface area contributed by atoms with Crippen molar-refractivity contribution in [2.24, 2.45) is 0 Å². The summed E-state index contributed by atoms with van der Waals surface area (Å²) >= 11 is 0. The van der Waals surface area contributed by atoms with E-state index in [1.54, 1.807) is 0 Å². The fourth-order valence-electron chi connectivity index (χ4n) is 3.27. The number of hydrogen-bond acceptors (Lipinski definition) is 5. The number of para-hydroxylation sites is 1. The minimum absolute atomic E-state index is 0.484. The summed E-state index contributed by atoms with van der Waals surface area (Å²) in [4.78, 5) is 7.01. The molecule has 2 heterocycles. The Balaban J connectivity index is 1.46. The van der Waals surface area contributed by atoms with Gasteiger partial charge in [-0.15, -0.1) is 0 Å². The van der Waals surface area contributed by atoms with Crippen LogP contribution < -0.4 is 4.74 Å². The highest BCUT2D eigenvalue weighted by atomic mass is 16.5. The number of hydrogen-bond donors (Lipinski definition) is 0. The van der Waals surface area contributed by atoms with E-state index in [9.17, 15) is 0 Å². The average molecular weight is 349 g/mol. The second kappa shape index (κ2) is 8.15. The minimum Gasteiger partial charge on any atom is -0.491 e. The number of nitrogens with zero attached hydrogens (tertiary/aromatic N) is 3. The molecular formula is C21H23N3O2. The highest BCUT2D eigenvalue weighted by Crippen LogP contribution is 2.30. The summed E-state index contributed by atoms with van der Waals surface area (Å²) in [6.07, 6.45) is 3.93. The lowest BCUT2D eigenvalue weighted by Gasteiger charge is -2.26. The second-order valence-electron chi connectivity index (χ2n) is 6.54. The highest BCUT2D eigenvalue weighted by Gasteiger charge is 2.15. The summed E-state index contributed by atoms with van der Waals surface area (Å²) in [6.45, 7) is 3.97. The van der Waals surface area contributed by atoms with E-state index < -0.39 is 0 Å². The molecule has 3 aromatic rings. The third-order valence-corrected chi connectivity index (χ3v) is 4.69. The monoisotopic (exact) mass is 349 g/mol. The smallest absolute Gasteiger partial charge is 0.262 e. The maximum atomic E-state index is 6.04. The fourth-order valence-corrected chi connectivity index (χ4v) is 3.27. The van der Waals surface area contributed by atoms with Crippen LogP contribution in [0.3, 0.4) is 0 Å². The molecule has 0 aliphatic carbocycles. The van der Waals surface area contributed by atoms with Gasteiger partial charge in [0.1, 0.15) is 12.4 Å². The van der Waals surface area contributed by atoms with E-state index in [4.69, 9.17) is 9.26 Å². The van der Waals surface area contributed by atoms with Crippen LogP contribution in [0.15, 0.2) is 59.1 Å². The lowest BCUT2D eigenvalue weighted by atomic mass is 10.1. The van der Waals surface area contributed by atoms with E-state index in [0.717, 1.165) is 23.4 Å². The van der Waals surface area contributed by atoms with Crippen molar-refractivity contribution in [2.45, 2.75) is 19.3 Å². The zero-order valence-corrected chi connectivity index (χ0v) is 14.8. The summed E-state index contributed by atoms with van der Waals surface area (Å²) in [5, 5.41) is 4.11. The van der Waals surface area contributed by atoms with E-state index >= 15 is 0 Å². The molecule has 0 unspecified atom stereocenters. The first-order valence-electron chi connectivity index (χ1n) is 9.24. The van der Waals surface area contributed by atoms with Crippen molar-refractivity contribution in [3.8, 4) is 28.6 Å². The number of ether oxygens (including phenoxy) is 1. The van der Waals surface area contributed by atoms with Crippen molar-refractivity contribution < 1.29 is 9.26 Å². The minimum atomic E-state index is 0.484. The molecule has 0 radical (unpaired) electrons. The van der Waals surface area contributed by atoms with Crippen LogP contribution >= 0.6 is 0 Å². The normalized spacial score (nSPS) is 15.1. The molecule has 1 saturated heterocycles. The Labute approximate surface area is 153 Å². The molecule has 26 heavy (non-hydrogen) atoms. The Kier molecular flexibility index (Phi) is 5.26. The largest absolute Gasteiger partial charge is 0.491 e. The predicted molar refractivity (Wildman–Crippen MR) is 101 cm³/mol. The molecule has 4 rings (SSSR count). The molecule has 1 aromatic heterocycles. The van der Waals surface area contributed by atoms with Gasteiger partial charge in [-0.2, -0.15) is 4.98 Å². The first-order valence-corrected chi connectivity index (χ1v) is 9.24. The lowest BCUT2D eigenvalue weighted by molar-refractivity contribution is 0.183. The Bertz CT molecular complexity index is 826. The van der Waals surface area contributed by atoms with E-state index in [-0.39, 0.29) is 0 Å². The molecule has 0 bridgehead atoms. The van der Waals surface area contributed by atoms with Gasteiger partial charge < -0.3 is 9.26 Å². The van der Waals surface area contributed by atoms with Crippen molar-refractivity contribution in [2.75, 3.05) is 26.2 Å². The van der Waals surface area contributed by atoms with Gasteiger partial charge in [-0.3, -0.25) is 4.90 Å². The van der Waals surface area contributed by atoms with Crippen molar-refractivity contribution in [3.63, 3.8) is 0 Å². The van der Waals surface area contributed by atoms with Gasteiger partial charge in [0.15, 0.2) is 0 Å². The molecule has 0 saturated carbocycles. The summed E-state index contributed by atoms with van der Waals surface area (Å²) in [7, 11) is 0. The first-order chi connectivity index (χ1) is 12.9. The van der Waals surface area contributed by atoms with Gasteiger partial charge in [0, 0.05) is 12.1 Å².